The van der Waals surface area contributed by atoms with Crippen LogP contribution < -0.4 is 5.32 Å². The van der Waals surface area contributed by atoms with E-state index >= 15 is 0 Å². The number of fused-ring (bicyclic) bond motifs is 3. The van der Waals surface area contributed by atoms with Gasteiger partial charge in [-0.2, -0.15) is 0 Å². The maximum Gasteiger partial charge on any atom is 0.161 e. The van der Waals surface area contributed by atoms with Crippen molar-refractivity contribution < 1.29 is 0 Å². The van der Waals surface area contributed by atoms with E-state index in [0.29, 0.717) is 12.0 Å². The van der Waals surface area contributed by atoms with E-state index in [4.69, 9.17) is 0 Å². The Morgan fingerprint density at radius 2 is 2.14 bits per heavy atom. The van der Waals surface area contributed by atoms with E-state index in [9.17, 15) is 0 Å². The molecule has 0 saturated carbocycles. The molecule has 0 fully saturated rings. The monoisotopic (exact) mass is 284 g/mol. The second-order valence-electron chi connectivity index (χ2n) is 6.10. The summed E-state index contributed by atoms with van der Waals surface area (Å²) in [4.78, 5) is 9.22. The van der Waals surface area contributed by atoms with Gasteiger partial charge in [0.05, 0.1) is 23.6 Å². The Kier molecular flexibility index (Phi) is 3.95. The van der Waals surface area contributed by atoms with Crippen LogP contribution in [0.25, 0.3) is 5.82 Å². The van der Waals surface area contributed by atoms with Crippen LogP contribution in [0.2, 0.25) is 0 Å². The van der Waals surface area contributed by atoms with Crippen molar-refractivity contribution in [2.24, 2.45) is 0 Å². The second-order valence-corrected chi connectivity index (χ2v) is 6.10. The highest BCUT2D eigenvalue weighted by atomic mass is 15.2. The molecule has 0 saturated heterocycles. The standard InChI is InChI=1S/C17H24N4/c1-4-5-6-8-13-15-11-19-16(12(2)3)21(15)17-14(20-13)9-7-10-18-17/h7,9-13,20H,4-6,8H2,1-3H3/t13-/m1/s1. The first kappa shape index (κ1) is 14.1. The zero-order chi connectivity index (χ0) is 14.8. The number of pyridine rings is 1. The van der Waals surface area contributed by atoms with Gasteiger partial charge < -0.3 is 5.32 Å². The summed E-state index contributed by atoms with van der Waals surface area (Å²) in [5, 5.41) is 3.64. The lowest BCUT2D eigenvalue weighted by atomic mass is 10.0. The average molecular weight is 284 g/mol. The van der Waals surface area contributed by atoms with Gasteiger partial charge >= 0.3 is 0 Å². The number of hydrogen-bond acceptors (Lipinski definition) is 3. The Balaban J connectivity index is 2.01. The molecule has 1 aliphatic rings. The zero-order valence-corrected chi connectivity index (χ0v) is 13.1. The van der Waals surface area contributed by atoms with Crippen LogP contribution in [-0.2, 0) is 0 Å². The lowest BCUT2D eigenvalue weighted by Gasteiger charge is -2.29. The molecule has 2 aromatic heterocycles. The van der Waals surface area contributed by atoms with Crippen LogP contribution in [0.15, 0.2) is 24.5 Å². The van der Waals surface area contributed by atoms with Crippen LogP contribution in [0.5, 0.6) is 0 Å². The van der Waals surface area contributed by atoms with Crippen molar-refractivity contribution in [3.63, 3.8) is 0 Å². The van der Waals surface area contributed by atoms with Gasteiger partial charge in [0.1, 0.15) is 5.82 Å². The highest BCUT2D eigenvalue weighted by molar-refractivity contribution is 5.61. The minimum atomic E-state index is 0.341. The van der Waals surface area contributed by atoms with Crippen molar-refractivity contribution in [3.05, 3.63) is 36.0 Å². The summed E-state index contributed by atoms with van der Waals surface area (Å²) in [5.74, 6) is 2.48. The number of anilines is 1. The molecule has 3 rings (SSSR count). The summed E-state index contributed by atoms with van der Waals surface area (Å²) in [6, 6.07) is 4.45. The van der Waals surface area contributed by atoms with Crippen molar-refractivity contribution in [2.45, 2.75) is 58.4 Å². The fourth-order valence-corrected chi connectivity index (χ4v) is 3.03. The summed E-state index contributed by atoms with van der Waals surface area (Å²) in [7, 11) is 0. The highest BCUT2D eigenvalue weighted by Crippen LogP contribution is 2.36. The number of rotatable bonds is 5. The Morgan fingerprint density at radius 1 is 1.29 bits per heavy atom. The molecular formula is C17H24N4. The molecule has 1 N–H and O–H groups in total. The number of nitrogens with zero attached hydrogens (tertiary/aromatic N) is 3. The van der Waals surface area contributed by atoms with E-state index in [0.717, 1.165) is 23.8 Å². The van der Waals surface area contributed by atoms with Crippen LogP contribution in [0.4, 0.5) is 5.69 Å². The molecule has 0 radical (unpaired) electrons. The van der Waals surface area contributed by atoms with E-state index < -0.39 is 0 Å². The smallest absolute Gasteiger partial charge is 0.161 e. The van der Waals surface area contributed by atoms with Gasteiger partial charge in [-0.1, -0.05) is 40.0 Å². The van der Waals surface area contributed by atoms with Crippen LogP contribution in [-0.4, -0.2) is 14.5 Å². The van der Waals surface area contributed by atoms with E-state index in [2.05, 4.69) is 46.7 Å². The predicted octanol–water partition coefficient (Wildman–Crippen LogP) is 4.44. The van der Waals surface area contributed by atoms with Gasteiger partial charge in [-0.3, -0.25) is 4.57 Å². The quantitative estimate of drug-likeness (QED) is 0.825. The van der Waals surface area contributed by atoms with Crippen LogP contribution in [0.1, 0.15) is 69.9 Å². The first-order chi connectivity index (χ1) is 10.2. The van der Waals surface area contributed by atoms with Crippen molar-refractivity contribution in [1.29, 1.82) is 0 Å². The number of imidazole rings is 1. The maximum atomic E-state index is 4.66. The van der Waals surface area contributed by atoms with E-state index in [1.807, 2.05) is 18.5 Å². The van der Waals surface area contributed by atoms with E-state index in [-0.39, 0.29) is 0 Å². The van der Waals surface area contributed by atoms with Crippen molar-refractivity contribution in [1.82, 2.24) is 14.5 Å². The molecule has 1 aliphatic heterocycles. The second kappa shape index (κ2) is 5.88. The maximum absolute atomic E-state index is 4.66. The third-order valence-electron chi connectivity index (χ3n) is 4.11. The Labute approximate surface area is 126 Å². The molecule has 0 aliphatic carbocycles. The summed E-state index contributed by atoms with van der Waals surface area (Å²) < 4.78 is 2.26. The summed E-state index contributed by atoms with van der Waals surface area (Å²) in [5.41, 5.74) is 2.37. The van der Waals surface area contributed by atoms with Crippen molar-refractivity contribution in [2.75, 3.05) is 5.32 Å². The normalized spacial score (nSPS) is 16.5. The average Bonchev–Trinajstić information content (AvgIpc) is 2.93. The fourth-order valence-electron chi connectivity index (χ4n) is 3.03. The largest absolute Gasteiger partial charge is 0.374 e. The summed E-state index contributed by atoms with van der Waals surface area (Å²) in [6.07, 6.45) is 8.80. The molecule has 0 spiro atoms. The zero-order valence-electron chi connectivity index (χ0n) is 13.1. The molecule has 1 atom stereocenters. The van der Waals surface area contributed by atoms with Gasteiger partial charge in [-0.05, 0) is 18.6 Å². The fraction of sp³-hybridized carbons (Fsp3) is 0.529. The SMILES string of the molecule is CCCCC[C@H]1Nc2cccnc2-n2c1cnc2C(C)C. The van der Waals surface area contributed by atoms with Gasteiger partial charge in [-0.15, -0.1) is 0 Å². The molecule has 4 nitrogen and oxygen atoms in total. The first-order valence-electron chi connectivity index (χ1n) is 8.01. The predicted molar refractivity (Wildman–Crippen MR) is 86.0 cm³/mol. The van der Waals surface area contributed by atoms with Crippen molar-refractivity contribution >= 4 is 5.69 Å². The third-order valence-corrected chi connectivity index (χ3v) is 4.11. The topological polar surface area (TPSA) is 42.7 Å². The molecule has 112 valence electrons. The van der Waals surface area contributed by atoms with Gasteiger partial charge in [0.15, 0.2) is 5.82 Å². The highest BCUT2D eigenvalue weighted by Gasteiger charge is 2.28. The van der Waals surface area contributed by atoms with Gasteiger partial charge in [0.25, 0.3) is 0 Å². The minimum Gasteiger partial charge on any atom is -0.374 e. The lowest BCUT2D eigenvalue weighted by molar-refractivity contribution is 0.573. The van der Waals surface area contributed by atoms with Crippen LogP contribution in [0.3, 0.4) is 0 Å². The number of unbranched alkanes of at least 4 members (excludes halogenated alkanes) is 2. The number of nitrogens with one attached hydrogen (secondary N) is 1. The molecule has 2 aromatic rings. The van der Waals surface area contributed by atoms with Crippen LogP contribution in [0, 0.1) is 0 Å². The molecule has 0 aromatic carbocycles. The third kappa shape index (κ3) is 2.55. The van der Waals surface area contributed by atoms with E-state index in [1.54, 1.807) is 0 Å². The molecule has 0 unspecified atom stereocenters. The summed E-state index contributed by atoms with van der Waals surface area (Å²) in [6.45, 7) is 6.62. The number of hydrogen-bond donors (Lipinski definition) is 1. The first-order valence-corrected chi connectivity index (χ1v) is 8.01. The minimum absolute atomic E-state index is 0.341. The molecular weight excluding hydrogens is 260 g/mol. The molecule has 0 bridgehead atoms. The van der Waals surface area contributed by atoms with Gasteiger partial charge in [-0.25, -0.2) is 9.97 Å². The van der Waals surface area contributed by atoms with Gasteiger partial charge in [0.2, 0.25) is 0 Å². The van der Waals surface area contributed by atoms with E-state index in [1.165, 1.54) is 25.0 Å². The van der Waals surface area contributed by atoms with Crippen molar-refractivity contribution in [3.8, 4) is 5.82 Å². The Hall–Kier alpha value is -1.84. The number of aromatic nitrogens is 3. The van der Waals surface area contributed by atoms with Crippen LogP contribution >= 0.6 is 0 Å². The Bertz CT molecular complexity index is 615. The lowest BCUT2D eigenvalue weighted by Crippen LogP contribution is -2.23. The Morgan fingerprint density at radius 3 is 2.90 bits per heavy atom. The molecule has 3 heterocycles. The molecule has 4 heteroatoms. The molecule has 0 amide bonds. The molecule has 21 heavy (non-hydrogen) atoms. The van der Waals surface area contributed by atoms with Gasteiger partial charge in [0, 0.05) is 12.1 Å². The summed E-state index contributed by atoms with van der Waals surface area (Å²) >= 11 is 0.